The smallest absolute Gasteiger partial charge is 0.200 e. The first-order valence-corrected chi connectivity index (χ1v) is 6.56. The maximum absolute atomic E-state index is 12.6. The summed E-state index contributed by atoms with van der Waals surface area (Å²) < 4.78 is 1.67. The van der Waals surface area contributed by atoms with Crippen LogP contribution in [0.2, 0.25) is 5.02 Å². The summed E-state index contributed by atoms with van der Waals surface area (Å²) >= 11 is 6.09. The number of carbonyl (C=O) groups is 1. The Hall–Kier alpha value is -0.910. The van der Waals surface area contributed by atoms with Crippen LogP contribution in [-0.4, -0.2) is 65.1 Å². The van der Waals surface area contributed by atoms with E-state index in [-0.39, 0.29) is 11.8 Å². The van der Waals surface area contributed by atoms with E-state index in [0.29, 0.717) is 17.3 Å². The molecule has 1 aliphatic rings. The van der Waals surface area contributed by atoms with Gasteiger partial charge in [-0.15, -0.1) is 0 Å². The van der Waals surface area contributed by atoms with Crippen LogP contribution in [0.4, 0.5) is 0 Å². The Morgan fingerprint density at radius 3 is 2.89 bits per heavy atom. The van der Waals surface area contributed by atoms with Gasteiger partial charge in [0.1, 0.15) is 5.69 Å². The summed E-state index contributed by atoms with van der Waals surface area (Å²) in [5.41, 5.74) is 0.534. The van der Waals surface area contributed by atoms with Gasteiger partial charge >= 0.3 is 0 Å². The topological polar surface area (TPSA) is 41.4 Å². The van der Waals surface area contributed by atoms with E-state index in [0.717, 1.165) is 19.6 Å². The zero-order valence-electron chi connectivity index (χ0n) is 11.1. The standard InChI is InChI=1S/C12H19ClN4O/c1-4-17-11(9(13)7-14-17)12(18)10-8-15(2)5-6-16(10)3/h7,10H,4-6,8H2,1-3H3. The summed E-state index contributed by atoms with van der Waals surface area (Å²) in [5, 5.41) is 4.57. The second-order valence-electron chi connectivity index (χ2n) is 4.78. The lowest BCUT2D eigenvalue weighted by molar-refractivity contribution is 0.0676. The van der Waals surface area contributed by atoms with Crippen LogP contribution in [0.25, 0.3) is 0 Å². The molecular weight excluding hydrogens is 252 g/mol. The molecule has 0 bridgehead atoms. The molecule has 0 radical (unpaired) electrons. The number of likely N-dealkylation sites (N-methyl/N-ethyl adjacent to an activating group) is 2. The van der Waals surface area contributed by atoms with Crippen LogP contribution < -0.4 is 0 Å². The highest BCUT2D eigenvalue weighted by Gasteiger charge is 2.32. The minimum Gasteiger partial charge on any atom is -0.303 e. The van der Waals surface area contributed by atoms with Crippen LogP contribution in [0, 0.1) is 0 Å². The molecule has 18 heavy (non-hydrogen) atoms. The van der Waals surface area contributed by atoms with Crippen LogP contribution in [0.1, 0.15) is 17.4 Å². The Labute approximate surface area is 112 Å². The second-order valence-corrected chi connectivity index (χ2v) is 5.19. The first-order valence-electron chi connectivity index (χ1n) is 6.19. The molecular formula is C12H19ClN4O. The average Bonchev–Trinajstić information content (AvgIpc) is 2.72. The quantitative estimate of drug-likeness (QED) is 0.768. The fourth-order valence-corrected chi connectivity index (χ4v) is 2.53. The first-order chi connectivity index (χ1) is 8.54. The Bertz CT molecular complexity index is 445. The number of aromatic nitrogens is 2. The van der Waals surface area contributed by atoms with Crippen molar-refractivity contribution in [2.24, 2.45) is 0 Å². The van der Waals surface area contributed by atoms with Crippen molar-refractivity contribution in [1.82, 2.24) is 19.6 Å². The zero-order valence-corrected chi connectivity index (χ0v) is 11.8. The second kappa shape index (κ2) is 5.38. The predicted octanol–water partition coefficient (Wildman–Crippen LogP) is 0.985. The predicted molar refractivity (Wildman–Crippen MR) is 71.2 cm³/mol. The lowest BCUT2D eigenvalue weighted by Crippen LogP contribution is -2.53. The summed E-state index contributed by atoms with van der Waals surface area (Å²) in [6, 6.07) is -0.136. The highest BCUT2D eigenvalue weighted by atomic mass is 35.5. The van der Waals surface area contributed by atoms with Crippen LogP contribution in [0.15, 0.2) is 6.20 Å². The number of halogens is 1. The van der Waals surface area contributed by atoms with Crippen molar-refractivity contribution in [3.8, 4) is 0 Å². The van der Waals surface area contributed by atoms with Gasteiger partial charge in [0.25, 0.3) is 0 Å². The minimum absolute atomic E-state index is 0.0633. The zero-order chi connectivity index (χ0) is 13.3. The molecule has 0 aliphatic carbocycles. The SMILES string of the molecule is CCn1ncc(Cl)c1C(=O)C1CN(C)CCN1C. The van der Waals surface area contributed by atoms with Crippen molar-refractivity contribution < 1.29 is 4.79 Å². The van der Waals surface area contributed by atoms with E-state index < -0.39 is 0 Å². The van der Waals surface area contributed by atoms with Crippen molar-refractivity contribution >= 4 is 17.4 Å². The molecule has 1 saturated heterocycles. The van der Waals surface area contributed by atoms with Crippen molar-refractivity contribution in [2.45, 2.75) is 19.5 Å². The molecule has 2 heterocycles. The molecule has 1 aromatic heterocycles. The van der Waals surface area contributed by atoms with Gasteiger partial charge < -0.3 is 4.90 Å². The highest BCUT2D eigenvalue weighted by Crippen LogP contribution is 2.20. The number of Topliss-reactive ketones (excluding diaryl/α,β-unsaturated/α-hetero) is 1. The summed E-state index contributed by atoms with van der Waals surface area (Å²) in [6.07, 6.45) is 1.55. The Balaban J connectivity index is 2.27. The molecule has 1 fully saturated rings. The van der Waals surface area contributed by atoms with E-state index in [1.165, 1.54) is 0 Å². The third-order valence-electron chi connectivity index (χ3n) is 3.48. The van der Waals surface area contributed by atoms with Crippen LogP contribution in [0.3, 0.4) is 0 Å². The van der Waals surface area contributed by atoms with Gasteiger partial charge in [-0.25, -0.2) is 0 Å². The molecule has 100 valence electrons. The molecule has 0 spiro atoms. The molecule has 1 aromatic rings. The Morgan fingerprint density at radius 1 is 1.50 bits per heavy atom. The fraction of sp³-hybridized carbons (Fsp3) is 0.667. The largest absolute Gasteiger partial charge is 0.303 e. The maximum Gasteiger partial charge on any atom is 0.200 e. The van der Waals surface area contributed by atoms with Crippen LogP contribution in [-0.2, 0) is 6.54 Å². The summed E-state index contributed by atoms with van der Waals surface area (Å²) in [6.45, 7) is 5.23. The minimum atomic E-state index is -0.136. The number of piperazine rings is 1. The molecule has 1 aliphatic heterocycles. The van der Waals surface area contributed by atoms with E-state index in [1.807, 2.05) is 21.0 Å². The molecule has 6 heteroatoms. The summed E-state index contributed by atoms with van der Waals surface area (Å²) in [7, 11) is 4.02. The van der Waals surface area contributed by atoms with Gasteiger partial charge in [-0.05, 0) is 21.0 Å². The van der Waals surface area contributed by atoms with E-state index in [1.54, 1.807) is 10.9 Å². The van der Waals surface area contributed by atoms with Gasteiger partial charge in [-0.2, -0.15) is 5.10 Å². The third-order valence-corrected chi connectivity index (χ3v) is 3.76. The van der Waals surface area contributed by atoms with Gasteiger partial charge in [0, 0.05) is 26.2 Å². The highest BCUT2D eigenvalue weighted by molar-refractivity contribution is 6.33. The fourth-order valence-electron chi connectivity index (χ4n) is 2.30. The number of aryl methyl sites for hydroxylation is 1. The molecule has 1 atom stereocenters. The van der Waals surface area contributed by atoms with Crippen molar-refractivity contribution in [3.05, 3.63) is 16.9 Å². The molecule has 0 N–H and O–H groups in total. The van der Waals surface area contributed by atoms with E-state index >= 15 is 0 Å². The Morgan fingerprint density at radius 2 is 2.22 bits per heavy atom. The molecule has 0 aromatic carbocycles. The molecule has 5 nitrogen and oxygen atoms in total. The lowest BCUT2D eigenvalue weighted by Gasteiger charge is -2.36. The van der Waals surface area contributed by atoms with Gasteiger partial charge in [0.15, 0.2) is 0 Å². The third kappa shape index (κ3) is 2.43. The Kier molecular flexibility index (Phi) is 4.04. The monoisotopic (exact) mass is 270 g/mol. The van der Waals surface area contributed by atoms with Gasteiger partial charge in [-0.1, -0.05) is 11.6 Å². The van der Waals surface area contributed by atoms with Gasteiger partial charge in [0.05, 0.1) is 17.3 Å². The summed E-state index contributed by atoms with van der Waals surface area (Å²) in [5.74, 6) is 0.0633. The van der Waals surface area contributed by atoms with Gasteiger partial charge in [0.2, 0.25) is 5.78 Å². The van der Waals surface area contributed by atoms with Gasteiger partial charge in [-0.3, -0.25) is 14.4 Å². The van der Waals surface area contributed by atoms with Crippen molar-refractivity contribution in [1.29, 1.82) is 0 Å². The molecule has 0 amide bonds. The molecule has 0 saturated carbocycles. The number of carbonyl (C=O) groups excluding carboxylic acids is 1. The lowest BCUT2D eigenvalue weighted by atomic mass is 10.1. The number of nitrogens with zero attached hydrogens (tertiary/aromatic N) is 4. The van der Waals surface area contributed by atoms with Crippen molar-refractivity contribution in [2.75, 3.05) is 33.7 Å². The number of hydrogen-bond donors (Lipinski definition) is 0. The van der Waals surface area contributed by atoms with Crippen molar-refractivity contribution in [3.63, 3.8) is 0 Å². The molecule has 1 unspecified atom stereocenters. The molecule has 2 rings (SSSR count). The van der Waals surface area contributed by atoms with Crippen LogP contribution >= 0.6 is 11.6 Å². The normalized spacial score (nSPS) is 22.3. The number of ketones is 1. The first kappa shape index (κ1) is 13.5. The number of hydrogen-bond acceptors (Lipinski definition) is 4. The van der Waals surface area contributed by atoms with E-state index in [4.69, 9.17) is 11.6 Å². The summed E-state index contributed by atoms with van der Waals surface area (Å²) in [4.78, 5) is 16.9. The van der Waals surface area contributed by atoms with E-state index in [9.17, 15) is 4.79 Å². The van der Waals surface area contributed by atoms with Crippen LogP contribution in [0.5, 0.6) is 0 Å². The van der Waals surface area contributed by atoms with E-state index in [2.05, 4.69) is 14.9 Å². The average molecular weight is 271 g/mol. The maximum atomic E-state index is 12.6. The number of rotatable bonds is 3.